The molecule has 0 aliphatic rings. The van der Waals surface area contributed by atoms with Gasteiger partial charge < -0.3 is 19.5 Å². The molecule has 3 amide bonds. The van der Waals surface area contributed by atoms with Crippen LogP contribution in [0.3, 0.4) is 0 Å². The van der Waals surface area contributed by atoms with Gasteiger partial charge in [-0.05, 0) is 42.0 Å². The minimum Gasteiger partial charge on any atom is -0.493 e. The van der Waals surface area contributed by atoms with Crippen LogP contribution in [0.2, 0.25) is 0 Å². The van der Waals surface area contributed by atoms with Crippen molar-refractivity contribution in [2.75, 3.05) is 26.6 Å². The number of hydrazine groups is 1. The summed E-state index contributed by atoms with van der Waals surface area (Å²) in [7, 11) is 4.41. The van der Waals surface area contributed by atoms with Gasteiger partial charge in [0.05, 0.1) is 27.8 Å². The van der Waals surface area contributed by atoms with Crippen LogP contribution in [0.5, 0.6) is 17.2 Å². The van der Waals surface area contributed by atoms with Crippen LogP contribution in [0.15, 0.2) is 66.7 Å². The molecule has 176 valence electrons. The van der Waals surface area contributed by atoms with Crippen molar-refractivity contribution in [1.82, 2.24) is 10.9 Å². The number of hydrogen-bond acceptors (Lipinski definition) is 6. The second kappa shape index (κ2) is 11.4. The lowest BCUT2D eigenvalue weighted by Crippen LogP contribution is -2.42. The summed E-state index contributed by atoms with van der Waals surface area (Å²) >= 11 is 0. The van der Waals surface area contributed by atoms with Crippen molar-refractivity contribution >= 4 is 23.4 Å². The van der Waals surface area contributed by atoms with Crippen molar-refractivity contribution in [1.29, 1.82) is 0 Å². The second-order valence-electron chi connectivity index (χ2n) is 7.11. The quantitative estimate of drug-likeness (QED) is 0.443. The molecule has 3 aromatic rings. The summed E-state index contributed by atoms with van der Waals surface area (Å²) in [5, 5.41) is 2.75. The predicted octanol–water partition coefficient (Wildman–Crippen LogP) is 2.97. The Morgan fingerprint density at radius 2 is 1.32 bits per heavy atom. The zero-order valence-corrected chi connectivity index (χ0v) is 19.0. The number of benzene rings is 3. The van der Waals surface area contributed by atoms with Crippen molar-refractivity contribution in [3.63, 3.8) is 0 Å². The summed E-state index contributed by atoms with van der Waals surface area (Å²) in [5.41, 5.74) is 6.69. The minimum atomic E-state index is -0.482. The summed E-state index contributed by atoms with van der Waals surface area (Å²) in [5.74, 6) is -0.128. The van der Waals surface area contributed by atoms with Crippen LogP contribution in [0, 0.1) is 0 Å². The first-order chi connectivity index (χ1) is 16.4. The molecule has 0 aliphatic heterocycles. The molecule has 34 heavy (non-hydrogen) atoms. The van der Waals surface area contributed by atoms with Crippen LogP contribution in [0.1, 0.15) is 26.3 Å². The topological polar surface area (TPSA) is 115 Å². The number of methoxy groups -OCH3 is 3. The highest BCUT2D eigenvalue weighted by Gasteiger charge is 2.17. The first-order valence-electron chi connectivity index (χ1n) is 10.3. The number of hydrogen-bond donors (Lipinski definition) is 3. The Bertz CT molecular complexity index is 1140. The van der Waals surface area contributed by atoms with Crippen molar-refractivity contribution in [3.8, 4) is 17.2 Å². The Morgan fingerprint density at radius 3 is 1.88 bits per heavy atom. The molecule has 0 unspecified atom stereocenters. The molecule has 0 saturated heterocycles. The zero-order valence-electron chi connectivity index (χ0n) is 19.0. The number of nitrogens with one attached hydrogen (secondary N) is 3. The number of anilines is 1. The van der Waals surface area contributed by atoms with E-state index >= 15 is 0 Å². The smallest absolute Gasteiger partial charge is 0.269 e. The van der Waals surface area contributed by atoms with Crippen LogP contribution in [0.4, 0.5) is 5.69 Å². The normalized spacial score (nSPS) is 10.1. The third-order valence-corrected chi connectivity index (χ3v) is 4.85. The van der Waals surface area contributed by atoms with Gasteiger partial charge in [-0.1, -0.05) is 30.3 Å². The summed E-state index contributed by atoms with van der Waals surface area (Å²) in [4.78, 5) is 37.0. The average Bonchev–Trinajstić information content (AvgIpc) is 2.87. The predicted molar refractivity (Wildman–Crippen MR) is 126 cm³/mol. The Labute approximate surface area is 197 Å². The van der Waals surface area contributed by atoms with E-state index < -0.39 is 11.8 Å². The Hall–Kier alpha value is -4.53. The highest BCUT2D eigenvalue weighted by molar-refractivity contribution is 6.05. The molecule has 0 atom stereocenters. The molecule has 0 fully saturated rings. The lowest BCUT2D eigenvalue weighted by molar-refractivity contribution is -0.121. The molecular weight excluding hydrogens is 438 g/mol. The molecule has 0 saturated carbocycles. The van der Waals surface area contributed by atoms with Crippen LogP contribution in [0.25, 0.3) is 0 Å². The van der Waals surface area contributed by atoms with E-state index in [1.165, 1.54) is 45.6 Å². The molecular formula is C25H25N3O6. The Balaban J connectivity index is 1.59. The average molecular weight is 463 g/mol. The maximum atomic E-state index is 12.7. The largest absolute Gasteiger partial charge is 0.493 e. The van der Waals surface area contributed by atoms with Gasteiger partial charge in [-0.25, -0.2) is 0 Å². The molecule has 0 aromatic heterocycles. The van der Waals surface area contributed by atoms with E-state index in [0.717, 1.165) is 5.56 Å². The minimum absolute atomic E-state index is 0.146. The van der Waals surface area contributed by atoms with Crippen molar-refractivity contribution in [3.05, 3.63) is 83.4 Å². The maximum Gasteiger partial charge on any atom is 0.269 e. The summed E-state index contributed by atoms with van der Waals surface area (Å²) in [6, 6.07) is 18.5. The van der Waals surface area contributed by atoms with Crippen LogP contribution in [-0.2, 0) is 11.2 Å². The SMILES string of the molecule is COc1cc(C(=O)Nc2ccc(C(=O)NNC(=O)Cc3ccccc3)cc2)cc(OC)c1OC. The van der Waals surface area contributed by atoms with E-state index in [9.17, 15) is 14.4 Å². The molecule has 0 radical (unpaired) electrons. The first kappa shape index (κ1) is 24.1. The Morgan fingerprint density at radius 1 is 0.706 bits per heavy atom. The summed E-state index contributed by atoms with van der Waals surface area (Å²) in [6.07, 6.45) is 0.146. The molecule has 9 heteroatoms. The highest BCUT2D eigenvalue weighted by atomic mass is 16.5. The third-order valence-electron chi connectivity index (χ3n) is 4.85. The van der Waals surface area contributed by atoms with Crippen LogP contribution >= 0.6 is 0 Å². The lowest BCUT2D eigenvalue weighted by Gasteiger charge is -2.14. The molecule has 3 N–H and O–H groups in total. The lowest BCUT2D eigenvalue weighted by atomic mass is 10.1. The molecule has 9 nitrogen and oxygen atoms in total. The Kier molecular flexibility index (Phi) is 8.07. The van der Waals surface area contributed by atoms with Gasteiger partial charge in [0, 0.05) is 16.8 Å². The fourth-order valence-electron chi connectivity index (χ4n) is 3.14. The molecule has 3 rings (SSSR count). The fourth-order valence-corrected chi connectivity index (χ4v) is 3.14. The van der Waals surface area contributed by atoms with Gasteiger partial charge in [-0.15, -0.1) is 0 Å². The van der Waals surface area contributed by atoms with Gasteiger partial charge in [0.1, 0.15) is 0 Å². The van der Waals surface area contributed by atoms with E-state index in [0.29, 0.717) is 34.1 Å². The van der Waals surface area contributed by atoms with E-state index in [1.807, 2.05) is 30.3 Å². The first-order valence-corrected chi connectivity index (χ1v) is 10.3. The number of carbonyl (C=O) groups excluding carboxylic acids is 3. The molecule has 3 aromatic carbocycles. The van der Waals surface area contributed by atoms with E-state index in [1.54, 1.807) is 12.1 Å². The number of ether oxygens (including phenoxy) is 3. The van der Waals surface area contributed by atoms with Crippen molar-refractivity contribution < 1.29 is 28.6 Å². The molecule has 0 spiro atoms. The van der Waals surface area contributed by atoms with Gasteiger partial charge in [-0.2, -0.15) is 0 Å². The fraction of sp³-hybridized carbons (Fsp3) is 0.160. The van der Waals surface area contributed by atoms with E-state index in [4.69, 9.17) is 14.2 Å². The molecule has 0 bridgehead atoms. The summed E-state index contributed by atoms with van der Waals surface area (Å²) < 4.78 is 15.8. The highest BCUT2D eigenvalue weighted by Crippen LogP contribution is 2.38. The number of amides is 3. The van der Waals surface area contributed by atoms with Crippen molar-refractivity contribution in [2.24, 2.45) is 0 Å². The van der Waals surface area contributed by atoms with E-state index in [-0.39, 0.29) is 12.3 Å². The van der Waals surface area contributed by atoms with Gasteiger partial charge in [-0.3, -0.25) is 25.2 Å². The van der Waals surface area contributed by atoms with Gasteiger partial charge in [0.15, 0.2) is 11.5 Å². The monoisotopic (exact) mass is 463 g/mol. The molecule has 0 heterocycles. The third kappa shape index (κ3) is 6.04. The second-order valence-corrected chi connectivity index (χ2v) is 7.11. The van der Waals surface area contributed by atoms with Gasteiger partial charge in [0.25, 0.3) is 11.8 Å². The van der Waals surface area contributed by atoms with Gasteiger partial charge >= 0.3 is 0 Å². The van der Waals surface area contributed by atoms with Gasteiger partial charge in [0.2, 0.25) is 11.7 Å². The van der Waals surface area contributed by atoms with Crippen molar-refractivity contribution in [2.45, 2.75) is 6.42 Å². The number of carbonyl (C=O) groups is 3. The standard InChI is InChI=1S/C25H25N3O6/c1-32-20-14-18(15-21(33-2)23(20)34-3)24(30)26-19-11-9-17(10-12-19)25(31)28-27-22(29)13-16-7-5-4-6-8-16/h4-12,14-15H,13H2,1-3H3,(H,26,30)(H,27,29)(H,28,31). The van der Waals surface area contributed by atoms with Crippen LogP contribution < -0.4 is 30.4 Å². The van der Waals surface area contributed by atoms with Crippen LogP contribution in [-0.4, -0.2) is 39.1 Å². The summed E-state index contributed by atoms with van der Waals surface area (Å²) in [6.45, 7) is 0. The van der Waals surface area contributed by atoms with E-state index in [2.05, 4.69) is 16.2 Å². The maximum absolute atomic E-state index is 12.7. The molecule has 0 aliphatic carbocycles. The number of rotatable bonds is 8. The zero-order chi connectivity index (χ0) is 24.5.